The van der Waals surface area contributed by atoms with E-state index in [0.29, 0.717) is 25.6 Å². The average Bonchev–Trinajstić information content (AvgIpc) is 2.14. The molecule has 0 aliphatic carbocycles. The molecule has 0 aromatic heterocycles. The Morgan fingerprint density at radius 2 is 2.25 bits per heavy atom. The number of likely N-dealkylation sites (tertiary alicyclic amines) is 1. The van der Waals surface area contributed by atoms with E-state index in [0.717, 1.165) is 26.1 Å². The summed E-state index contributed by atoms with van der Waals surface area (Å²) in [5, 5.41) is 11.4. The number of piperazine rings is 1. The van der Waals surface area contributed by atoms with E-state index in [1.807, 2.05) is 0 Å². The Morgan fingerprint density at radius 3 is 2.88 bits per heavy atom. The minimum Gasteiger partial charge on any atom is -0.465 e. The Morgan fingerprint density at radius 1 is 1.50 bits per heavy atom. The van der Waals surface area contributed by atoms with Gasteiger partial charge >= 0.3 is 6.09 Å². The lowest BCUT2D eigenvalue weighted by atomic mass is 9.96. The van der Waals surface area contributed by atoms with Gasteiger partial charge in [-0.15, -0.1) is 0 Å². The molecule has 0 saturated carbocycles. The molecular formula is C10H17N3O3. The van der Waals surface area contributed by atoms with Crippen molar-refractivity contribution >= 4 is 12.0 Å². The Bertz CT molecular complexity index is 289. The summed E-state index contributed by atoms with van der Waals surface area (Å²) in [6.07, 6.45) is 0.158. The van der Waals surface area contributed by atoms with Gasteiger partial charge in [0.05, 0.1) is 6.54 Å². The first-order valence-electron chi connectivity index (χ1n) is 5.62. The van der Waals surface area contributed by atoms with Crippen molar-refractivity contribution in [2.75, 3.05) is 39.3 Å². The van der Waals surface area contributed by atoms with Crippen molar-refractivity contribution in [3.05, 3.63) is 0 Å². The molecule has 2 fully saturated rings. The van der Waals surface area contributed by atoms with Crippen LogP contribution in [0.2, 0.25) is 0 Å². The topological polar surface area (TPSA) is 72.9 Å². The van der Waals surface area contributed by atoms with E-state index in [9.17, 15) is 9.59 Å². The zero-order valence-electron chi connectivity index (χ0n) is 9.19. The van der Waals surface area contributed by atoms with E-state index in [-0.39, 0.29) is 5.91 Å². The zero-order chi connectivity index (χ0) is 11.5. The molecule has 0 aromatic rings. The first-order chi connectivity index (χ1) is 7.65. The molecule has 2 rings (SSSR count). The van der Waals surface area contributed by atoms with Gasteiger partial charge in [-0.3, -0.25) is 9.69 Å². The summed E-state index contributed by atoms with van der Waals surface area (Å²) < 4.78 is 0. The number of rotatable bonds is 3. The van der Waals surface area contributed by atoms with Crippen molar-refractivity contribution in [2.45, 2.75) is 6.42 Å². The molecule has 2 saturated heterocycles. The third-order valence-electron chi connectivity index (χ3n) is 3.20. The predicted molar refractivity (Wildman–Crippen MR) is 57.2 cm³/mol. The standard InChI is InChI=1S/C10H17N3O3/c14-9-7-12(4-2-11-9)3-1-8-5-13(6-8)10(15)16/h8H,1-7H2,(H,11,14)(H,15,16). The molecule has 6 nitrogen and oxygen atoms in total. The van der Waals surface area contributed by atoms with Gasteiger partial charge in [-0.1, -0.05) is 0 Å². The predicted octanol–water partition coefficient (Wildman–Crippen LogP) is -0.582. The first kappa shape index (κ1) is 11.2. The molecule has 2 N–H and O–H groups in total. The van der Waals surface area contributed by atoms with Crippen LogP contribution < -0.4 is 5.32 Å². The zero-order valence-corrected chi connectivity index (χ0v) is 9.19. The Hall–Kier alpha value is -1.30. The monoisotopic (exact) mass is 227 g/mol. The number of hydrogen-bond donors (Lipinski definition) is 2. The van der Waals surface area contributed by atoms with Crippen molar-refractivity contribution in [2.24, 2.45) is 5.92 Å². The van der Waals surface area contributed by atoms with Crippen molar-refractivity contribution < 1.29 is 14.7 Å². The number of carbonyl (C=O) groups excluding carboxylic acids is 1. The van der Waals surface area contributed by atoms with Gasteiger partial charge in [0, 0.05) is 26.2 Å². The van der Waals surface area contributed by atoms with E-state index in [1.54, 1.807) is 0 Å². The van der Waals surface area contributed by atoms with Crippen molar-refractivity contribution in [1.82, 2.24) is 15.1 Å². The lowest BCUT2D eigenvalue weighted by Gasteiger charge is -2.38. The maximum Gasteiger partial charge on any atom is 0.407 e. The van der Waals surface area contributed by atoms with Crippen LogP contribution in [0.25, 0.3) is 0 Å². The SMILES string of the molecule is O=C1CN(CCC2CN(C(=O)O)C2)CCN1. The Balaban J connectivity index is 1.62. The fourth-order valence-electron chi connectivity index (χ4n) is 2.16. The number of amides is 2. The molecular weight excluding hydrogens is 210 g/mol. The fourth-order valence-corrected chi connectivity index (χ4v) is 2.16. The summed E-state index contributed by atoms with van der Waals surface area (Å²) in [5.41, 5.74) is 0. The van der Waals surface area contributed by atoms with Crippen LogP contribution in [0.5, 0.6) is 0 Å². The van der Waals surface area contributed by atoms with Gasteiger partial charge in [0.1, 0.15) is 0 Å². The van der Waals surface area contributed by atoms with Crippen molar-refractivity contribution in [3.63, 3.8) is 0 Å². The molecule has 2 aliphatic rings. The fraction of sp³-hybridized carbons (Fsp3) is 0.800. The number of carboxylic acid groups (broad SMARTS) is 1. The molecule has 0 aromatic carbocycles. The smallest absolute Gasteiger partial charge is 0.407 e. The third kappa shape index (κ3) is 2.63. The number of carbonyl (C=O) groups is 2. The van der Waals surface area contributed by atoms with Crippen molar-refractivity contribution in [3.8, 4) is 0 Å². The van der Waals surface area contributed by atoms with E-state index >= 15 is 0 Å². The maximum absolute atomic E-state index is 11.1. The molecule has 2 aliphatic heterocycles. The summed E-state index contributed by atoms with van der Waals surface area (Å²) in [6, 6.07) is 0. The lowest BCUT2D eigenvalue weighted by Crippen LogP contribution is -2.52. The highest BCUT2D eigenvalue weighted by Gasteiger charge is 2.30. The highest BCUT2D eigenvalue weighted by Crippen LogP contribution is 2.19. The van der Waals surface area contributed by atoms with Crippen LogP contribution in [-0.4, -0.2) is 66.2 Å². The second kappa shape index (κ2) is 4.69. The largest absolute Gasteiger partial charge is 0.465 e. The van der Waals surface area contributed by atoms with Crippen molar-refractivity contribution in [1.29, 1.82) is 0 Å². The molecule has 6 heteroatoms. The maximum atomic E-state index is 11.1. The summed E-state index contributed by atoms with van der Waals surface area (Å²) >= 11 is 0. The van der Waals surface area contributed by atoms with Gasteiger partial charge in [-0.25, -0.2) is 4.79 Å². The third-order valence-corrected chi connectivity index (χ3v) is 3.20. The minimum absolute atomic E-state index is 0.0898. The molecule has 0 atom stereocenters. The van der Waals surface area contributed by atoms with E-state index in [1.165, 1.54) is 4.90 Å². The van der Waals surface area contributed by atoms with Crippen LogP contribution in [0.1, 0.15) is 6.42 Å². The average molecular weight is 227 g/mol. The van der Waals surface area contributed by atoms with Crippen LogP contribution in [-0.2, 0) is 4.79 Å². The Kier molecular flexibility index (Phi) is 3.28. The normalized spacial score (nSPS) is 22.8. The molecule has 90 valence electrons. The lowest BCUT2D eigenvalue weighted by molar-refractivity contribution is -0.124. The van der Waals surface area contributed by atoms with Crippen LogP contribution in [0, 0.1) is 5.92 Å². The molecule has 0 bridgehead atoms. The van der Waals surface area contributed by atoms with Crippen LogP contribution in [0.4, 0.5) is 4.79 Å². The second-order valence-electron chi connectivity index (χ2n) is 4.47. The second-order valence-corrected chi connectivity index (χ2v) is 4.47. The van der Waals surface area contributed by atoms with Gasteiger partial charge < -0.3 is 15.3 Å². The van der Waals surface area contributed by atoms with Crippen LogP contribution in [0.3, 0.4) is 0 Å². The highest BCUT2D eigenvalue weighted by molar-refractivity contribution is 5.78. The van der Waals surface area contributed by atoms with Crippen LogP contribution in [0.15, 0.2) is 0 Å². The quantitative estimate of drug-likeness (QED) is 0.676. The van der Waals surface area contributed by atoms with Gasteiger partial charge in [-0.05, 0) is 18.9 Å². The minimum atomic E-state index is -0.825. The Labute approximate surface area is 94.2 Å². The van der Waals surface area contributed by atoms with Gasteiger partial charge in [0.2, 0.25) is 5.91 Å². The van der Waals surface area contributed by atoms with E-state index < -0.39 is 6.09 Å². The summed E-state index contributed by atoms with van der Waals surface area (Å²) in [5.74, 6) is 0.563. The van der Waals surface area contributed by atoms with E-state index in [2.05, 4.69) is 10.2 Å². The summed E-state index contributed by atoms with van der Waals surface area (Å²) in [7, 11) is 0. The first-order valence-corrected chi connectivity index (χ1v) is 5.62. The van der Waals surface area contributed by atoms with E-state index in [4.69, 9.17) is 5.11 Å². The summed E-state index contributed by atoms with van der Waals surface area (Å²) in [6.45, 7) is 4.30. The molecule has 2 heterocycles. The molecule has 0 spiro atoms. The van der Waals surface area contributed by atoms with Gasteiger partial charge in [0.15, 0.2) is 0 Å². The van der Waals surface area contributed by atoms with Crippen LogP contribution >= 0.6 is 0 Å². The molecule has 16 heavy (non-hydrogen) atoms. The highest BCUT2D eigenvalue weighted by atomic mass is 16.4. The van der Waals surface area contributed by atoms with Gasteiger partial charge in [0.25, 0.3) is 0 Å². The summed E-state index contributed by atoms with van der Waals surface area (Å²) in [4.78, 5) is 25.2. The number of hydrogen-bond acceptors (Lipinski definition) is 3. The molecule has 0 radical (unpaired) electrons. The van der Waals surface area contributed by atoms with Gasteiger partial charge in [-0.2, -0.15) is 0 Å². The molecule has 2 amide bonds. The number of nitrogens with zero attached hydrogens (tertiary/aromatic N) is 2. The molecule has 0 unspecified atom stereocenters. The number of nitrogens with one attached hydrogen (secondary N) is 1.